The van der Waals surface area contributed by atoms with Crippen molar-refractivity contribution in [3.05, 3.63) is 52.7 Å². The number of para-hydroxylation sites is 1. The van der Waals surface area contributed by atoms with Crippen molar-refractivity contribution in [1.82, 2.24) is 10.2 Å². The van der Waals surface area contributed by atoms with Crippen LogP contribution in [-0.4, -0.2) is 44.0 Å². The van der Waals surface area contributed by atoms with E-state index in [1.54, 1.807) is 18.4 Å². The summed E-state index contributed by atoms with van der Waals surface area (Å²) in [6.45, 7) is 1.03. The van der Waals surface area contributed by atoms with Gasteiger partial charge in [-0.15, -0.1) is 11.3 Å². The van der Waals surface area contributed by atoms with Crippen molar-refractivity contribution in [3.8, 4) is 0 Å². The number of hydrogen-bond donors (Lipinski definition) is 2. The van der Waals surface area contributed by atoms with E-state index in [0.717, 1.165) is 18.7 Å². The fraction of sp³-hybridized carbons (Fsp3) is 0.294. The lowest BCUT2D eigenvalue weighted by Gasteiger charge is -2.21. The number of guanidine groups is 1. The number of hydrogen-bond acceptors (Lipinski definition) is 3. The predicted molar refractivity (Wildman–Crippen MR) is 97.1 cm³/mol. The monoisotopic (exact) mass is 330 g/mol. The molecule has 0 fully saturated rings. The van der Waals surface area contributed by atoms with Gasteiger partial charge >= 0.3 is 0 Å². The molecule has 0 saturated heterocycles. The smallest absolute Gasteiger partial charge is 0.243 e. The van der Waals surface area contributed by atoms with E-state index in [2.05, 4.69) is 33.1 Å². The van der Waals surface area contributed by atoms with E-state index >= 15 is 0 Å². The van der Waals surface area contributed by atoms with E-state index < -0.39 is 0 Å². The van der Waals surface area contributed by atoms with Crippen molar-refractivity contribution >= 4 is 28.9 Å². The van der Waals surface area contributed by atoms with Crippen LogP contribution >= 0.6 is 11.3 Å². The number of benzene rings is 1. The van der Waals surface area contributed by atoms with E-state index in [1.807, 2.05) is 42.3 Å². The largest absolute Gasteiger partial charge is 0.347 e. The van der Waals surface area contributed by atoms with E-state index in [0.29, 0.717) is 5.96 Å². The summed E-state index contributed by atoms with van der Waals surface area (Å²) in [4.78, 5) is 19.5. The molecule has 23 heavy (non-hydrogen) atoms. The lowest BCUT2D eigenvalue weighted by Crippen LogP contribution is -2.43. The van der Waals surface area contributed by atoms with Crippen LogP contribution in [0.2, 0.25) is 0 Å². The Bertz CT molecular complexity index is 625. The van der Waals surface area contributed by atoms with Crippen LogP contribution in [0.1, 0.15) is 4.88 Å². The van der Waals surface area contributed by atoms with E-state index in [4.69, 9.17) is 0 Å². The summed E-state index contributed by atoms with van der Waals surface area (Å²) in [5.74, 6) is 0.619. The Morgan fingerprint density at radius 3 is 2.65 bits per heavy atom. The molecule has 2 aromatic rings. The number of carbonyl (C=O) groups is 1. The minimum absolute atomic E-state index is 0.0935. The zero-order valence-corrected chi connectivity index (χ0v) is 14.3. The third-order valence-corrected chi connectivity index (χ3v) is 4.25. The second-order valence-corrected chi connectivity index (χ2v) is 6.10. The first kappa shape index (κ1) is 17.0. The predicted octanol–water partition coefficient (Wildman–Crippen LogP) is 2.44. The molecule has 6 heteroatoms. The second kappa shape index (κ2) is 8.95. The summed E-state index contributed by atoms with van der Waals surface area (Å²) in [6.07, 6.45) is 0.963. The van der Waals surface area contributed by atoms with Gasteiger partial charge in [0, 0.05) is 31.2 Å². The summed E-state index contributed by atoms with van der Waals surface area (Å²) in [5.41, 5.74) is 0.792. The van der Waals surface area contributed by atoms with Gasteiger partial charge in [0.1, 0.15) is 0 Å². The zero-order chi connectivity index (χ0) is 16.5. The van der Waals surface area contributed by atoms with Gasteiger partial charge in [0.15, 0.2) is 5.96 Å². The van der Waals surface area contributed by atoms with Crippen LogP contribution in [0.4, 0.5) is 5.69 Å². The first-order chi connectivity index (χ1) is 11.2. The molecule has 1 heterocycles. The van der Waals surface area contributed by atoms with Gasteiger partial charge in [-0.3, -0.25) is 9.79 Å². The van der Waals surface area contributed by atoms with Gasteiger partial charge < -0.3 is 15.5 Å². The molecule has 0 radical (unpaired) electrons. The number of rotatable bonds is 6. The maximum absolute atomic E-state index is 12.0. The first-order valence-corrected chi connectivity index (χ1v) is 8.36. The quantitative estimate of drug-likeness (QED) is 0.632. The number of nitrogens with zero attached hydrogens (tertiary/aromatic N) is 2. The van der Waals surface area contributed by atoms with E-state index in [-0.39, 0.29) is 12.5 Å². The van der Waals surface area contributed by atoms with Crippen LogP contribution in [-0.2, 0) is 11.2 Å². The number of nitrogens with one attached hydrogen (secondary N) is 2. The Balaban J connectivity index is 1.76. The molecule has 1 aromatic carbocycles. The van der Waals surface area contributed by atoms with E-state index in [9.17, 15) is 4.79 Å². The Morgan fingerprint density at radius 1 is 1.22 bits per heavy atom. The van der Waals surface area contributed by atoms with Gasteiger partial charge in [-0.05, 0) is 30.0 Å². The third kappa shape index (κ3) is 5.75. The third-order valence-electron chi connectivity index (χ3n) is 3.31. The molecule has 0 spiro atoms. The van der Waals surface area contributed by atoms with Crippen LogP contribution in [0.3, 0.4) is 0 Å². The highest BCUT2D eigenvalue weighted by atomic mass is 32.1. The highest BCUT2D eigenvalue weighted by Gasteiger charge is 2.08. The minimum Gasteiger partial charge on any atom is -0.347 e. The highest BCUT2D eigenvalue weighted by molar-refractivity contribution is 7.09. The normalized spacial score (nSPS) is 11.1. The molecule has 0 saturated carbocycles. The van der Waals surface area contributed by atoms with Crippen LogP contribution in [0.5, 0.6) is 0 Å². The van der Waals surface area contributed by atoms with E-state index in [1.165, 1.54) is 4.88 Å². The lowest BCUT2D eigenvalue weighted by atomic mass is 10.3. The molecule has 1 amide bonds. The molecule has 0 aliphatic carbocycles. The van der Waals surface area contributed by atoms with Gasteiger partial charge in [-0.2, -0.15) is 0 Å². The average molecular weight is 330 g/mol. The second-order valence-electron chi connectivity index (χ2n) is 5.07. The number of aliphatic imine (C=N–C) groups is 1. The molecule has 0 unspecified atom stereocenters. The molecule has 122 valence electrons. The molecule has 5 nitrogen and oxygen atoms in total. The average Bonchev–Trinajstić information content (AvgIpc) is 3.08. The van der Waals surface area contributed by atoms with Crippen molar-refractivity contribution in [2.45, 2.75) is 6.42 Å². The molecular weight excluding hydrogens is 308 g/mol. The lowest BCUT2D eigenvalue weighted by molar-refractivity contribution is -0.115. The molecule has 0 aliphatic rings. The van der Waals surface area contributed by atoms with Crippen molar-refractivity contribution in [2.24, 2.45) is 4.99 Å². The number of anilines is 1. The first-order valence-electron chi connectivity index (χ1n) is 7.48. The summed E-state index contributed by atoms with van der Waals surface area (Å²) < 4.78 is 0. The summed E-state index contributed by atoms with van der Waals surface area (Å²) in [6, 6.07) is 13.6. The Kier molecular flexibility index (Phi) is 6.62. The van der Waals surface area contributed by atoms with Gasteiger partial charge in [-0.25, -0.2) is 0 Å². The SMILES string of the molecule is CN=C(NCC(=O)Nc1ccccc1)N(C)CCc1cccs1. The maximum Gasteiger partial charge on any atom is 0.243 e. The number of carbonyl (C=O) groups excluding carboxylic acids is 1. The fourth-order valence-corrected chi connectivity index (χ4v) is 2.81. The van der Waals surface area contributed by atoms with Crippen LogP contribution in [0.25, 0.3) is 0 Å². The molecule has 0 atom stereocenters. The topological polar surface area (TPSA) is 56.7 Å². The fourth-order valence-electron chi connectivity index (χ4n) is 2.11. The highest BCUT2D eigenvalue weighted by Crippen LogP contribution is 2.09. The van der Waals surface area contributed by atoms with Gasteiger partial charge in [0.25, 0.3) is 0 Å². The van der Waals surface area contributed by atoms with Gasteiger partial charge in [0.05, 0.1) is 6.54 Å². The van der Waals surface area contributed by atoms with Crippen molar-refractivity contribution in [1.29, 1.82) is 0 Å². The molecule has 2 N–H and O–H groups in total. The standard InChI is InChI=1S/C17H22N4OS/c1-18-17(21(2)11-10-15-9-6-12-23-15)19-13-16(22)20-14-7-4-3-5-8-14/h3-9,12H,10-11,13H2,1-2H3,(H,18,19)(H,20,22). The van der Waals surface area contributed by atoms with Gasteiger partial charge in [0.2, 0.25) is 5.91 Å². The molecule has 0 bridgehead atoms. The summed E-state index contributed by atoms with van der Waals surface area (Å²) >= 11 is 1.75. The van der Waals surface area contributed by atoms with Crippen LogP contribution < -0.4 is 10.6 Å². The van der Waals surface area contributed by atoms with Crippen molar-refractivity contribution in [3.63, 3.8) is 0 Å². The Labute approximate surface area is 141 Å². The zero-order valence-electron chi connectivity index (χ0n) is 13.5. The summed E-state index contributed by atoms with van der Waals surface area (Å²) in [5, 5.41) is 8.01. The van der Waals surface area contributed by atoms with Crippen molar-refractivity contribution in [2.75, 3.05) is 32.5 Å². The minimum atomic E-state index is -0.0935. The Morgan fingerprint density at radius 2 is 2.00 bits per heavy atom. The van der Waals surface area contributed by atoms with Crippen LogP contribution in [0.15, 0.2) is 52.8 Å². The van der Waals surface area contributed by atoms with Crippen molar-refractivity contribution < 1.29 is 4.79 Å². The molecule has 2 rings (SSSR count). The maximum atomic E-state index is 12.0. The molecule has 0 aliphatic heterocycles. The van der Waals surface area contributed by atoms with Crippen LogP contribution in [0, 0.1) is 0 Å². The Hall–Kier alpha value is -2.34. The number of likely N-dealkylation sites (N-methyl/N-ethyl adjacent to an activating group) is 1. The molecular formula is C17H22N4OS. The number of thiophene rings is 1. The van der Waals surface area contributed by atoms with Gasteiger partial charge in [-0.1, -0.05) is 24.3 Å². The number of amides is 1. The molecule has 1 aromatic heterocycles. The summed E-state index contributed by atoms with van der Waals surface area (Å²) in [7, 11) is 3.69.